The van der Waals surface area contributed by atoms with Crippen LogP contribution in [0.1, 0.15) is 0 Å². The van der Waals surface area contributed by atoms with Gasteiger partial charge in [-0.15, -0.1) is 0 Å². The molecule has 0 atom stereocenters. The van der Waals surface area contributed by atoms with Crippen LogP contribution in [0.5, 0.6) is 0 Å². The highest BCUT2D eigenvalue weighted by atomic mass is 32.2. The molecule has 9 nitrogen and oxygen atoms in total. The van der Waals surface area contributed by atoms with Crippen LogP contribution in [0.3, 0.4) is 0 Å². The lowest BCUT2D eigenvalue weighted by Gasteiger charge is -2.05. The fourth-order valence-corrected chi connectivity index (χ4v) is 2.19. The number of benzene rings is 1. The largest absolute Gasteiger partial charge is 0.383 e. The molecule has 1 aromatic heterocycles. The number of anilines is 3. The number of nitro groups is 1. The second-order valence-electron chi connectivity index (χ2n) is 4.14. The number of hydrogen-bond acceptors (Lipinski definition) is 8. The zero-order valence-corrected chi connectivity index (χ0v) is 12.0. The van der Waals surface area contributed by atoms with Crippen molar-refractivity contribution in [3.05, 3.63) is 40.4 Å². The van der Waals surface area contributed by atoms with Gasteiger partial charge in [-0.05, 0) is 12.1 Å². The van der Waals surface area contributed by atoms with E-state index in [0.717, 1.165) is 11.8 Å². The van der Waals surface area contributed by atoms with Crippen molar-refractivity contribution < 1.29 is 9.72 Å². The molecule has 0 aliphatic heterocycles. The number of nitro benzene ring substituents is 1. The number of aromatic nitrogens is 2. The van der Waals surface area contributed by atoms with Crippen LogP contribution < -0.4 is 16.8 Å². The van der Waals surface area contributed by atoms with Gasteiger partial charge in [0.1, 0.15) is 11.6 Å². The molecule has 0 saturated carbocycles. The number of nitrogens with zero attached hydrogens (tertiary/aromatic N) is 3. The highest BCUT2D eigenvalue weighted by molar-refractivity contribution is 7.99. The highest BCUT2D eigenvalue weighted by Crippen LogP contribution is 2.18. The lowest BCUT2D eigenvalue weighted by atomic mass is 10.3. The molecule has 22 heavy (non-hydrogen) atoms. The van der Waals surface area contributed by atoms with Crippen molar-refractivity contribution in [2.75, 3.05) is 22.5 Å². The molecule has 1 amide bonds. The number of nitrogen functional groups attached to an aromatic ring is 2. The van der Waals surface area contributed by atoms with E-state index >= 15 is 0 Å². The van der Waals surface area contributed by atoms with Gasteiger partial charge in [0.05, 0.1) is 10.7 Å². The van der Waals surface area contributed by atoms with E-state index in [1.165, 1.54) is 30.3 Å². The number of carbonyl (C=O) groups is 1. The zero-order valence-electron chi connectivity index (χ0n) is 11.2. The van der Waals surface area contributed by atoms with E-state index in [0.29, 0.717) is 10.8 Å². The topological polar surface area (TPSA) is 150 Å². The number of thioether (sulfide) groups is 1. The summed E-state index contributed by atoms with van der Waals surface area (Å²) in [7, 11) is 0. The summed E-state index contributed by atoms with van der Waals surface area (Å²) in [6.07, 6.45) is 0. The number of nitrogens with one attached hydrogen (secondary N) is 1. The minimum Gasteiger partial charge on any atom is -0.383 e. The maximum Gasteiger partial charge on any atom is 0.269 e. The van der Waals surface area contributed by atoms with E-state index < -0.39 is 4.92 Å². The summed E-state index contributed by atoms with van der Waals surface area (Å²) in [4.78, 5) is 29.7. The molecule has 1 heterocycles. The molecule has 0 spiro atoms. The third-order valence-corrected chi connectivity index (χ3v) is 3.29. The molecule has 0 bridgehead atoms. The number of carbonyl (C=O) groups excluding carboxylic acids is 1. The summed E-state index contributed by atoms with van der Waals surface area (Å²) in [5.41, 5.74) is 11.5. The van der Waals surface area contributed by atoms with Gasteiger partial charge < -0.3 is 16.8 Å². The van der Waals surface area contributed by atoms with E-state index in [4.69, 9.17) is 11.5 Å². The van der Waals surface area contributed by atoms with Gasteiger partial charge in [-0.25, -0.2) is 9.97 Å². The summed E-state index contributed by atoms with van der Waals surface area (Å²) < 4.78 is 0. The van der Waals surface area contributed by atoms with Crippen molar-refractivity contribution in [1.82, 2.24) is 9.97 Å². The number of rotatable bonds is 5. The van der Waals surface area contributed by atoms with Crippen LogP contribution in [0, 0.1) is 10.1 Å². The van der Waals surface area contributed by atoms with Crippen molar-refractivity contribution >= 4 is 40.7 Å². The van der Waals surface area contributed by atoms with Crippen LogP contribution in [-0.2, 0) is 4.79 Å². The van der Waals surface area contributed by atoms with Crippen molar-refractivity contribution in [3.63, 3.8) is 0 Å². The van der Waals surface area contributed by atoms with E-state index in [1.54, 1.807) is 0 Å². The SMILES string of the molecule is Nc1cc(N)nc(SCC(=O)Nc2ccc([N+](=O)[O-])cc2)n1. The molecule has 0 aliphatic rings. The Hall–Kier alpha value is -2.88. The third kappa shape index (κ3) is 4.31. The summed E-state index contributed by atoms with van der Waals surface area (Å²) in [5, 5.41) is 13.4. The Kier molecular flexibility index (Phi) is 4.73. The summed E-state index contributed by atoms with van der Waals surface area (Å²) in [6.45, 7) is 0. The van der Waals surface area contributed by atoms with Crippen molar-refractivity contribution in [2.24, 2.45) is 0 Å². The molecule has 0 unspecified atom stereocenters. The summed E-state index contributed by atoms with van der Waals surface area (Å²) in [5.74, 6) is 0.208. The van der Waals surface area contributed by atoms with E-state index in [2.05, 4.69) is 15.3 Å². The average Bonchev–Trinajstić information content (AvgIpc) is 2.45. The number of nitrogens with two attached hydrogens (primary N) is 2. The number of non-ortho nitro benzene ring substituents is 1. The maximum absolute atomic E-state index is 11.8. The second kappa shape index (κ2) is 6.72. The molecule has 10 heteroatoms. The van der Waals surface area contributed by atoms with Gasteiger partial charge in [-0.1, -0.05) is 11.8 Å². The Morgan fingerprint density at radius 2 is 1.82 bits per heavy atom. The fourth-order valence-electron chi connectivity index (χ4n) is 1.52. The first kappa shape index (κ1) is 15.5. The molecule has 5 N–H and O–H groups in total. The average molecular weight is 320 g/mol. The monoisotopic (exact) mass is 320 g/mol. The van der Waals surface area contributed by atoms with Crippen LogP contribution in [0.4, 0.5) is 23.0 Å². The van der Waals surface area contributed by atoms with Crippen molar-refractivity contribution in [2.45, 2.75) is 5.16 Å². The fraction of sp³-hybridized carbons (Fsp3) is 0.0833. The van der Waals surface area contributed by atoms with Gasteiger partial charge in [0.15, 0.2) is 5.16 Å². The van der Waals surface area contributed by atoms with Gasteiger partial charge in [-0.2, -0.15) is 0 Å². The molecular formula is C12H12N6O3S. The summed E-state index contributed by atoms with van der Waals surface area (Å²) in [6, 6.07) is 6.95. The van der Waals surface area contributed by atoms with Gasteiger partial charge in [0.2, 0.25) is 5.91 Å². The quantitative estimate of drug-likeness (QED) is 0.322. The highest BCUT2D eigenvalue weighted by Gasteiger charge is 2.08. The first-order valence-electron chi connectivity index (χ1n) is 6.01. The molecule has 0 fully saturated rings. The van der Waals surface area contributed by atoms with Crippen molar-refractivity contribution in [1.29, 1.82) is 0 Å². The first-order chi connectivity index (χ1) is 10.4. The molecule has 2 rings (SSSR count). The molecule has 2 aromatic rings. The Balaban J connectivity index is 1.91. The van der Waals surface area contributed by atoms with Crippen LogP contribution in [-0.4, -0.2) is 26.6 Å². The van der Waals surface area contributed by atoms with Gasteiger partial charge in [0.25, 0.3) is 5.69 Å². The smallest absolute Gasteiger partial charge is 0.269 e. The van der Waals surface area contributed by atoms with E-state index in [9.17, 15) is 14.9 Å². The van der Waals surface area contributed by atoms with Gasteiger partial charge in [0, 0.05) is 23.9 Å². The molecule has 0 saturated heterocycles. The molecule has 0 aliphatic carbocycles. The van der Waals surface area contributed by atoms with Crippen LogP contribution in [0.25, 0.3) is 0 Å². The minimum atomic E-state index is -0.511. The van der Waals surface area contributed by atoms with Gasteiger partial charge >= 0.3 is 0 Å². The molecule has 1 aromatic carbocycles. The zero-order chi connectivity index (χ0) is 16.1. The summed E-state index contributed by atoms with van der Waals surface area (Å²) >= 11 is 1.08. The molecule has 114 valence electrons. The second-order valence-corrected chi connectivity index (χ2v) is 5.08. The van der Waals surface area contributed by atoms with Crippen LogP contribution in [0.2, 0.25) is 0 Å². The lowest BCUT2D eigenvalue weighted by molar-refractivity contribution is -0.384. The Labute approximate surface area is 129 Å². The van der Waals surface area contributed by atoms with E-state index in [-0.39, 0.29) is 29.0 Å². The Bertz CT molecular complexity index is 686. The predicted octanol–water partition coefficient (Wildman–Crippen LogP) is 1.28. The first-order valence-corrected chi connectivity index (χ1v) is 7.00. The third-order valence-electron chi connectivity index (χ3n) is 2.44. The molecule has 0 radical (unpaired) electrons. The van der Waals surface area contributed by atoms with Crippen LogP contribution >= 0.6 is 11.8 Å². The lowest BCUT2D eigenvalue weighted by Crippen LogP contribution is -2.14. The normalized spacial score (nSPS) is 10.2. The van der Waals surface area contributed by atoms with Gasteiger partial charge in [-0.3, -0.25) is 14.9 Å². The number of hydrogen-bond donors (Lipinski definition) is 3. The molecular weight excluding hydrogens is 308 g/mol. The Morgan fingerprint density at radius 3 is 2.36 bits per heavy atom. The standard InChI is InChI=1S/C12H12N6O3S/c13-9-5-10(14)17-12(16-9)22-6-11(19)15-7-1-3-8(4-2-7)18(20)21/h1-5H,6H2,(H,15,19)(H4,13,14,16,17). The Morgan fingerprint density at radius 1 is 1.23 bits per heavy atom. The van der Waals surface area contributed by atoms with Crippen molar-refractivity contribution in [3.8, 4) is 0 Å². The van der Waals surface area contributed by atoms with E-state index in [1.807, 2.05) is 0 Å². The number of amides is 1. The minimum absolute atomic E-state index is 0.0454. The van der Waals surface area contributed by atoms with Crippen LogP contribution in [0.15, 0.2) is 35.5 Å². The maximum atomic E-state index is 11.8. The predicted molar refractivity (Wildman–Crippen MR) is 83.3 cm³/mol.